The molecule has 0 amide bonds. The van der Waals surface area contributed by atoms with E-state index in [-0.39, 0.29) is 0 Å². The molecule has 0 atom stereocenters. The molecule has 0 aliphatic rings. The van der Waals surface area contributed by atoms with E-state index in [1.807, 2.05) is 48.5 Å². The molecule has 122 valence electrons. The minimum atomic E-state index is 0.634. The molecule has 0 saturated heterocycles. The topological polar surface area (TPSA) is 35.0 Å². The molecule has 1 heterocycles. The van der Waals surface area contributed by atoms with Gasteiger partial charge in [-0.05, 0) is 42.0 Å². The summed E-state index contributed by atoms with van der Waals surface area (Å²) in [4.78, 5) is 0. The summed E-state index contributed by atoms with van der Waals surface area (Å²) in [7, 11) is 1.65. The van der Waals surface area contributed by atoms with Crippen LogP contribution < -0.4 is 4.74 Å². The van der Waals surface area contributed by atoms with Gasteiger partial charge in [0, 0.05) is 21.4 Å². The second kappa shape index (κ2) is 7.88. The number of methoxy groups -OCH3 is 1. The van der Waals surface area contributed by atoms with Crippen molar-refractivity contribution in [2.24, 2.45) is 0 Å². The molecule has 0 unspecified atom stereocenters. The van der Waals surface area contributed by atoms with Crippen LogP contribution in [0, 0.1) is 0 Å². The molecule has 0 saturated carbocycles. The molecule has 2 aromatic carbocycles. The predicted molar refractivity (Wildman–Crippen MR) is 100 cm³/mol. The summed E-state index contributed by atoms with van der Waals surface area (Å²) < 4.78 is 5.36. The van der Waals surface area contributed by atoms with Gasteiger partial charge in [0.25, 0.3) is 0 Å². The van der Waals surface area contributed by atoms with Gasteiger partial charge >= 0.3 is 0 Å². The van der Waals surface area contributed by atoms with E-state index in [9.17, 15) is 0 Å². The van der Waals surface area contributed by atoms with Gasteiger partial charge in [0.15, 0.2) is 0 Å². The second-order valence-corrected chi connectivity index (χ2v) is 6.82. The number of thioether (sulfide) groups is 1. The Kier molecular flexibility index (Phi) is 5.61. The molecule has 0 N–H and O–H groups in total. The van der Waals surface area contributed by atoms with Gasteiger partial charge in [0.2, 0.25) is 0 Å². The first-order valence-electron chi connectivity index (χ1n) is 7.21. The van der Waals surface area contributed by atoms with Gasteiger partial charge in [-0.2, -0.15) is 0 Å². The van der Waals surface area contributed by atoms with Crippen LogP contribution in [-0.2, 0) is 5.75 Å². The Hall–Kier alpha value is -1.75. The Balaban J connectivity index is 1.73. The van der Waals surface area contributed by atoms with E-state index in [2.05, 4.69) is 10.2 Å². The lowest BCUT2D eigenvalue weighted by Crippen LogP contribution is -1.93. The minimum Gasteiger partial charge on any atom is -0.496 e. The number of rotatable bonds is 5. The van der Waals surface area contributed by atoms with Crippen molar-refractivity contribution in [3.63, 3.8) is 0 Å². The van der Waals surface area contributed by atoms with Gasteiger partial charge in [-0.15, -0.1) is 10.2 Å². The number of para-hydroxylation sites is 1. The highest BCUT2D eigenvalue weighted by molar-refractivity contribution is 7.98. The van der Waals surface area contributed by atoms with Crippen LogP contribution in [0.25, 0.3) is 11.3 Å². The summed E-state index contributed by atoms with van der Waals surface area (Å²) in [5, 5.41) is 10.7. The van der Waals surface area contributed by atoms with Crippen LogP contribution in [0.1, 0.15) is 5.56 Å². The number of nitrogens with zero attached hydrogens (tertiary/aromatic N) is 2. The van der Waals surface area contributed by atoms with Crippen molar-refractivity contribution >= 4 is 35.0 Å². The van der Waals surface area contributed by atoms with Crippen LogP contribution in [0.4, 0.5) is 0 Å². The molecule has 0 bridgehead atoms. The SMILES string of the molecule is COc1ccccc1-c1ccc(SCc2ccc(Cl)cc2Cl)nn1. The molecule has 1 aromatic heterocycles. The van der Waals surface area contributed by atoms with Gasteiger partial charge in [0.05, 0.1) is 12.8 Å². The van der Waals surface area contributed by atoms with E-state index in [1.165, 1.54) is 0 Å². The van der Waals surface area contributed by atoms with Crippen LogP contribution in [0.2, 0.25) is 10.0 Å². The molecular formula is C18H14Cl2N2OS. The first-order valence-corrected chi connectivity index (χ1v) is 8.95. The second-order valence-electron chi connectivity index (χ2n) is 4.98. The predicted octanol–water partition coefficient (Wildman–Crippen LogP) is 5.75. The summed E-state index contributed by atoms with van der Waals surface area (Å²) in [5.41, 5.74) is 2.72. The van der Waals surface area contributed by atoms with E-state index >= 15 is 0 Å². The maximum atomic E-state index is 6.19. The Labute approximate surface area is 155 Å². The van der Waals surface area contributed by atoms with E-state index in [0.29, 0.717) is 15.8 Å². The molecule has 0 spiro atoms. The minimum absolute atomic E-state index is 0.634. The molecule has 3 aromatic rings. The summed E-state index contributed by atoms with van der Waals surface area (Å²) in [6.45, 7) is 0. The monoisotopic (exact) mass is 376 g/mol. The normalized spacial score (nSPS) is 10.6. The molecule has 6 heteroatoms. The molecule has 3 rings (SSSR count). The summed E-state index contributed by atoms with van der Waals surface area (Å²) >= 11 is 13.7. The highest BCUT2D eigenvalue weighted by Crippen LogP contribution is 2.30. The Morgan fingerprint density at radius 3 is 2.54 bits per heavy atom. The fourth-order valence-electron chi connectivity index (χ4n) is 2.19. The van der Waals surface area contributed by atoms with E-state index < -0.39 is 0 Å². The lowest BCUT2D eigenvalue weighted by molar-refractivity contribution is 0.416. The van der Waals surface area contributed by atoms with E-state index in [0.717, 1.165) is 27.6 Å². The number of aromatic nitrogens is 2. The van der Waals surface area contributed by atoms with Crippen LogP contribution in [0.5, 0.6) is 5.75 Å². The smallest absolute Gasteiger partial charge is 0.128 e. The maximum absolute atomic E-state index is 6.19. The Bertz CT molecular complexity index is 841. The van der Waals surface area contributed by atoms with Gasteiger partial charge in [0.1, 0.15) is 10.8 Å². The lowest BCUT2D eigenvalue weighted by Gasteiger charge is -2.08. The number of halogens is 2. The van der Waals surface area contributed by atoms with Gasteiger partial charge in [-0.1, -0.05) is 53.2 Å². The van der Waals surface area contributed by atoms with Gasteiger partial charge in [-0.3, -0.25) is 0 Å². The van der Waals surface area contributed by atoms with Crippen molar-refractivity contribution in [2.45, 2.75) is 10.8 Å². The maximum Gasteiger partial charge on any atom is 0.128 e. The van der Waals surface area contributed by atoms with Crippen molar-refractivity contribution < 1.29 is 4.74 Å². The van der Waals surface area contributed by atoms with Gasteiger partial charge in [-0.25, -0.2) is 0 Å². The zero-order valence-corrected chi connectivity index (χ0v) is 15.2. The summed E-state index contributed by atoms with van der Waals surface area (Å²) in [6.07, 6.45) is 0. The molecule has 24 heavy (non-hydrogen) atoms. The van der Waals surface area contributed by atoms with Crippen LogP contribution >= 0.6 is 35.0 Å². The Morgan fingerprint density at radius 1 is 1.00 bits per heavy atom. The Morgan fingerprint density at radius 2 is 1.83 bits per heavy atom. The van der Waals surface area contributed by atoms with Crippen LogP contribution in [-0.4, -0.2) is 17.3 Å². The van der Waals surface area contributed by atoms with E-state index in [4.69, 9.17) is 27.9 Å². The molecule has 0 fully saturated rings. The third-order valence-corrected chi connectivity index (χ3v) is 4.97. The number of hydrogen-bond acceptors (Lipinski definition) is 4. The fourth-order valence-corrected chi connectivity index (χ4v) is 3.56. The molecule has 0 aliphatic heterocycles. The fraction of sp³-hybridized carbons (Fsp3) is 0.111. The molecule has 0 radical (unpaired) electrons. The summed E-state index contributed by atoms with van der Waals surface area (Å²) in [6, 6.07) is 17.1. The van der Waals surface area contributed by atoms with Gasteiger partial charge < -0.3 is 4.74 Å². The highest BCUT2D eigenvalue weighted by Gasteiger charge is 2.08. The summed E-state index contributed by atoms with van der Waals surface area (Å²) in [5.74, 6) is 1.48. The van der Waals surface area contributed by atoms with Crippen LogP contribution in [0.3, 0.4) is 0 Å². The molecule has 3 nitrogen and oxygen atoms in total. The zero-order valence-electron chi connectivity index (χ0n) is 12.9. The zero-order chi connectivity index (χ0) is 16.9. The molecule has 0 aliphatic carbocycles. The lowest BCUT2D eigenvalue weighted by atomic mass is 10.1. The van der Waals surface area contributed by atoms with Crippen molar-refractivity contribution in [1.82, 2.24) is 10.2 Å². The number of ether oxygens (including phenoxy) is 1. The van der Waals surface area contributed by atoms with Crippen molar-refractivity contribution in [2.75, 3.05) is 7.11 Å². The third kappa shape index (κ3) is 4.01. The first kappa shape index (κ1) is 17.1. The number of hydrogen-bond donors (Lipinski definition) is 0. The van der Waals surface area contributed by atoms with E-state index in [1.54, 1.807) is 24.9 Å². The first-order chi connectivity index (χ1) is 11.7. The quantitative estimate of drug-likeness (QED) is 0.530. The van der Waals surface area contributed by atoms with Crippen LogP contribution in [0.15, 0.2) is 59.6 Å². The largest absolute Gasteiger partial charge is 0.496 e. The van der Waals surface area contributed by atoms with Crippen molar-refractivity contribution in [1.29, 1.82) is 0 Å². The highest BCUT2D eigenvalue weighted by atomic mass is 35.5. The third-order valence-electron chi connectivity index (χ3n) is 3.41. The van der Waals surface area contributed by atoms with Crippen molar-refractivity contribution in [3.05, 3.63) is 70.2 Å². The average Bonchev–Trinajstić information content (AvgIpc) is 2.61. The molecular weight excluding hydrogens is 363 g/mol. The number of benzene rings is 2. The average molecular weight is 377 g/mol. The van der Waals surface area contributed by atoms with Crippen molar-refractivity contribution in [3.8, 4) is 17.0 Å². The standard InChI is InChI=1S/C18H14Cl2N2OS/c1-23-17-5-3-2-4-14(17)16-8-9-18(22-21-16)24-11-12-6-7-13(19)10-15(12)20/h2-10H,11H2,1H3.